The quantitative estimate of drug-likeness (QED) is 0.0146. The molecule has 0 aliphatic heterocycles. The van der Waals surface area contributed by atoms with Crippen LogP contribution in [0.2, 0.25) is 0 Å². The summed E-state index contributed by atoms with van der Waals surface area (Å²) in [6.45, 7) is 2.67. The Hall–Kier alpha value is -1.71. The predicted octanol–water partition coefficient (Wildman–Crippen LogP) is 15.2. The Bertz CT molecular complexity index is 1450. The third-order valence-electron chi connectivity index (χ3n) is 13.0. The number of allylic oxidation sites excluding steroid dienone is 2. The van der Waals surface area contributed by atoms with Crippen LogP contribution in [0.15, 0.2) is 12.2 Å². The minimum atomic E-state index is -4.90. The fourth-order valence-electron chi connectivity index (χ4n) is 8.33. The van der Waals surface area contributed by atoms with Crippen LogP contribution in [0.1, 0.15) is 278 Å². The summed E-state index contributed by atoms with van der Waals surface area (Å²) in [5.74, 6) is -1.56. The van der Waals surface area contributed by atoms with E-state index in [9.17, 15) is 43.5 Å². The van der Waals surface area contributed by atoms with Crippen LogP contribution in [0.25, 0.3) is 0 Å². The highest BCUT2D eigenvalue weighted by Crippen LogP contribution is 2.45. The average Bonchev–Trinajstić information content (AvgIpc) is 3.38. The van der Waals surface area contributed by atoms with Crippen LogP contribution in [0, 0.1) is 0 Å². The molecular weight excluding hydrogens is 1000 g/mol. The van der Waals surface area contributed by atoms with Gasteiger partial charge in [0.05, 0.1) is 26.4 Å². The number of phosphoric ester groups is 2. The molecular formula is C57H110O16P2. The minimum Gasteiger partial charge on any atom is -0.463 e. The Morgan fingerprint density at radius 2 is 0.627 bits per heavy atom. The number of hydrogen-bond acceptors (Lipinski definition) is 14. The third-order valence-corrected chi connectivity index (χ3v) is 14.9. The van der Waals surface area contributed by atoms with Gasteiger partial charge in [-0.3, -0.25) is 32.5 Å². The molecule has 0 radical (unpaired) electrons. The summed E-state index contributed by atoms with van der Waals surface area (Å²) in [7, 11) is -9.73. The van der Waals surface area contributed by atoms with Crippen molar-refractivity contribution in [3.8, 4) is 0 Å². The molecule has 0 saturated heterocycles. The van der Waals surface area contributed by atoms with E-state index < -0.39 is 91.5 Å². The number of esters is 3. The molecule has 5 unspecified atom stereocenters. The molecule has 444 valence electrons. The summed E-state index contributed by atoms with van der Waals surface area (Å²) < 4.78 is 60.5. The monoisotopic (exact) mass is 1110 g/mol. The maximum absolute atomic E-state index is 12.8. The van der Waals surface area contributed by atoms with E-state index in [0.29, 0.717) is 19.3 Å². The Morgan fingerprint density at radius 3 is 0.973 bits per heavy atom. The smallest absolute Gasteiger partial charge is 0.463 e. The predicted molar refractivity (Wildman–Crippen MR) is 298 cm³/mol. The van der Waals surface area contributed by atoms with Crippen LogP contribution in [0.5, 0.6) is 0 Å². The summed E-state index contributed by atoms with van der Waals surface area (Å²) in [5, 5.41) is 20.4. The molecule has 0 aromatic rings. The van der Waals surface area contributed by atoms with Gasteiger partial charge in [0.2, 0.25) is 0 Å². The van der Waals surface area contributed by atoms with Crippen LogP contribution in [-0.4, -0.2) is 95.9 Å². The molecule has 0 saturated carbocycles. The fraction of sp³-hybridized carbons (Fsp3) is 0.912. The Kier molecular flexibility index (Phi) is 51.8. The van der Waals surface area contributed by atoms with Crippen molar-refractivity contribution in [1.82, 2.24) is 0 Å². The first-order chi connectivity index (χ1) is 36.2. The van der Waals surface area contributed by atoms with E-state index in [0.717, 1.165) is 83.5 Å². The molecule has 0 aliphatic carbocycles. The molecule has 0 bridgehead atoms. The van der Waals surface area contributed by atoms with Gasteiger partial charge in [-0.25, -0.2) is 9.13 Å². The molecule has 4 N–H and O–H groups in total. The van der Waals surface area contributed by atoms with E-state index in [1.807, 2.05) is 0 Å². The van der Waals surface area contributed by atoms with Crippen molar-refractivity contribution in [2.75, 3.05) is 39.6 Å². The highest BCUT2D eigenvalue weighted by molar-refractivity contribution is 7.47. The van der Waals surface area contributed by atoms with Crippen LogP contribution >= 0.6 is 15.6 Å². The normalized spacial score (nSPS) is 14.6. The van der Waals surface area contributed by atoms with Crippen molar-refractivity contribution in [2.45, 2.75) is 296 Å². The van der Waals surface area contributed by atoms with Crippen molar-refractivity contribution in [1.29, 1.82) is 0 Å². The first kappa shape index (κ1) is 73.3. The second-order valence-electron chi connectivity index (χ2n) is 20.5. The lowest BCUT2D eigenvalue weighted by Crippen LogP contribution is -2.30. The molecule has 0 fully saturated rings. The van der Waals surface area contributed by atoms with E-state index in [1.165, 1.54) is 135 Å². The Balaban J connectivity index is 4.62. The van der Waals surface area contributed by atoms with E-state index in [1.54, 1.807) is 0 Å². The molecule has 0 aromatic heterocycles. The number of rotatable bonds is 58. The standard InChI is InChI=1S/C57H110O16P2/c1-4-7-10-13-16-19-22-24-25-27-30-31-34-37-40-43-55(60)67-46-52(58)47-69-74(63,64)70-48-53(59)49-71-75(65,66)72-51-54(73-57(62)45-42-39-36-33-28-21-18-15-12-9-6-3)50-68-56(61)44-41-38-35-32-29-26-23-20-17-14-11-8-5-2/h24-25,52-54,58-59H,4-23,26-51H2,1-3H3,(H,63,64)(H,65,66)/b25-24-. The summed E-state index contributed by atoms with van der Waals surface area (Å²) >= 11 is 0. The van der Waals surface area contributed by atoms with Gasteiger partial charge < -0.3 is 34.2 Å². The molecule has 0 rings (SSSR count). The van der Waals surface area contributed by atoms with Crippen molar-refractivity contribution in [2.24, 2.45) is 0 Å². The van der Waals surface area contributed by atoms with Crippen molar-refractivity contribution in [3.63, 3.8) is 0 Å². The van der Waals surface area contributed by atoms with Gasteiger partial charge in [-0.2, -0.15) is 0 Å². The molecule has 0 aliphatic rings. The number of ether oxygens (including phenoxy) is 3. The number of aliphatic hydroxyl groups is 2. The van der Waals surface area contributed by atoms with E-state index in [-0.39, 0.29) is 19.3 Å². The van der Waals surface area contributed by atoms with Gasteiger partial charge in [0, 0.05) is 19.3 Å². The highest BCUT2D eigenvalue weighted by atomic mass is 31.2. The zero-order chi connectivity index (χ0) is 55.4. The van der Waals surface area contributed by atoms with Gasteiger partial charge in [-0.1, -0.05) is 226 Å². The highest BCUT2D eigenvalue weighted by Gasteiger charge is 2.29. The molecule has 0 aromatic carbocycles. The van der Waals surface area contributed by atoms with E-state index >= 15 is 0 Å². The third kappa shape index (κ3) is 54.0. The SMILES string of the molecule is CCCCCCCC/C=C\CCCCCCCC(=O)OCC(O)COP(=O)(O)OCC(O)COP(=O)(O)OCC(COC(=O)CCCCCCCCCCCCCCC)OC(=O)CCCCCCCCCCCCC. The maximum Gasteiger partial charge on any atom is 0.472 e. The van der Waals surface area contributed by atoms with Crippen LogP contribution in [-0.2, 0) is 55.8 Å². The number of carbonyl (C=O) groups excluding carboxylic acids is 3. The average molecular weight is 1110 g/mol. The Morgan fingerprint density at radius 1 is 0.360 bits per heavy atom. The zero-order valence-electron chi connectivity index (χ0n) is 47.5. The summed E-state index contributed by atoms with van der Waals surface area (Å²) in [6, 6.07) is 0. The number of phosphoric acid groups is 2. The first-order valence-electron chi connectivity index (χ1n) is 30.0. The second kappa shape index (κ2) is 53.0. The summed E-state index contributed by atoms with van der Waals surface area (Å²) in [4.78, 5) is 57.9. The van der Waals surface area contributed by atoms with Crippen molar-refractivity contribution < 1.29 is 75.8 Å². The van der Waals surface area contributed by atoms with Gasteiger partial charge in [0.1, 0.15) is 25.4 Å². The number of carbonyl (C=O) groups is 3. The molecule has 16 nitrogen and oxygen atoms in total. The second-order valence-corrected chi connectivity index (χ2v) is 23.4. The van der Waals surface area contributed by atoms with Gasteiger partial charge >= 0.3 is 33.6 Å². The summed E-state index contributed by atoms with van der Waals surface area (Å²) in [5.41, 5.74) is 0. The van der Waals surface area contributed by atoms with Crippen LogP contribution in [0.4, 0.5) is 0 Å². The lowest BCUT2D eigenvalue weighted by Gasteiger charge is -2.21. The zero-order valence-corrected chi connectivity index (χ0v) is 49.3. The first-order valence-corrected chi connectivity index (χ1v) is 33.0. The van der Waals surface area contributed by atoms with Crippen LogP contribution in [0.3, 0.4) is 0 Å². The van der Waals surface area contributed by atoms with Gasteiger partial charge in [0.25, 0.3) is 0 Å². The largest absolute Gasteiger partial charge is 0.472 e. The van der Waals surface area contributed by atoms with Crippen molar-refractivity contribution >= 4 is 33.6 Å². The molecule has 75 heavy (non-hydrogen) atoms. The lowest BCUT2D eigenvalue weighted by molar-refractivity contribution is -0.161. The van der Waals surface area contributed by atoms with E-state index in [4.69, 9.17) is 32.3 Å². The lowest BCUT2D eigenvalue weighted by atomic mass is 10.0. The number of unbranched alkanes of at least 4 members (excludes halogenated alkanes) is 33. The molecule has 18 heteroatoms. The molecule has 5 atom stereocenters. The fourth-order valence-corrected chi connectivity index (χ4v) is 9.91. The van der Waals surface area contributed by atoms with Crippen LogP contribution < -0.4 is 0 Å². The molecule has 0 amide bonds. The summed E-state index contributed by atoms with van der Waals surface area (Å²) in [6.07, 6.45) is 42.8. The van der Waals surface area contributed by atoms with Gasteiger partial charge in [-0.05, 0) is 44.9 Å². The molecule has 0 heterocycles. The number of aliphatic hydroxyl groups excluding tert-OH is 2. The Labute approximate surface area is 455 Å². The van der Waals surface area contributed by atoms with Gasteiger partial charge in [-0.15, -0.1) is 0 Å². The maximum atomic E-state index is 12.8. The van der Waals surface area contributed by atoms with E-state index in [2.05, 4.69) is 32.9 Å². The van der Waals surface area contributed by atoms with Crippen molar-refractivity contribution in [3.05, 3.63) is 12.2 Å². The molecule has 0 spiro atoms. The van der Waals surface area contributed by atoms with Gasteiger partial charge in [0.15, 0.2) is 6.10 Å². The topological polar surface area (TPSA) is 231 Å². The number of hydrogen-bond donors (Lipinski definition) is 4. The minimum absolute atomic E-state index is 0.114.